The Bertz CT molecular complexity index is 356. The van der Waals surface area contributed by atoms with E-state index < -0.39 is 0 Å². The average Bonchev–Trinajstić information content (AvgIpc) is 2.36. The molecule has 1 rings (SSSR count). The lowest BCUT2D eigenvalue weighted by molar-refractivity contribution is 0.127. The van der Waals surface area contributed by atoms with Crippen molar-refractivity contribution in [2.24, 2.45) is 11.1 Å². The van der Waals surface area contributed by atoms with Crippen LogP contribution in [-0.2, 0) is 6.42 Å². The highest BCUT2D eigenvalue weighted by Gasteiger charge is 2.26. The summed E-state index contributed by atoms with van der Waals surface area (Å²) in [4.78, 5) is 0. The summed E-state index contributed by atoms with van der Waals surface area (Å²) in [6.45, 7) is 2.37. The lowest BCUT2D eigenvalue weighted by Crippen LogP contribution is -2.35. The van der Waals surface area contributed by atoms with E-state index >= 15 is 0 Å². The molecular formula is C13H20FNO2. The summed E-state index contributed by atoms with van der Waals surface area (Å²) in [5.41, 5.74) is 6.16. The van der Waals surface area contributed by atoms with E-state index in [2.05, 4.69) is 0 Å². The molecule has 0 amide bonds. The third kappa shape index (κ3) is 3.17. The Morgan fingerprint density at radius 3 is 2.59 bits per heavy atom. The van der Waals surface area contributed by atoms with E-state index in [9.17, 15) is 9.50 Å². The summed E-state index contributed by atoms with van der Waals surface area (Å²) < 4.78 is 18.4. The second-order valence-electron chi connectivity index (χ2n) is 4.36. The zero-order valence-electron chi connectivity index (χ0n) is 10.4. The van der Waals surface area contributed by atoms with Crippen molar-refractivity contribution < 1.29 is 14.2 Å². The number of rotatable bonds is 6. The monoisotopic (exact) mass is 241 g/mol. The van der Waals surface area contributed by atoms with Crippen molar-refractivity contribution in [2.75, 3.05) is 20.3 Å². The summed E-state index contributed by atoms with van der Waals surface area (Å²) in [6, 6.07) is 4.84. The average molecular weight is 241 g/mol. The van der Waals surface area contributed by atoms with Gasteiger partial charge in [0.2, 0.25) is 0 Å². The van der Waals surface area contributed by atoms with E-state index in [4.69, 9.17) is 10.5 Å². The van der Waals surface area contributed by atoms with Gasteiger partial charge in [-0.2, -0.15) is 0 Å². The number of hydrogen-bond donors (Lipinski definition) is 2. The minimum atomic E-state index is -0.384. The van der Waals surface area contributed by atoms with Crippen LogP contribution in [-0.4, -0.2) is 25.4 Å². The summed E-state index contributed by atoms with van der Waals surface area (Å²) in [6.07, 6.45) is 1.32. The van der Waals surface area contributed by atoms with Gasteiger partial charge >= 0.3 is 0 Å². The maximum atomic E-state index is 13.5. The molecule has 0 aliphatic rings. The van der Waals surface area contributed by atoms with E-state index in [1.807, 2.05) is 6.92 Å². The normalized spacial score (nSPS) is 14.4. The number of halogens is 1. The van der Waals surface area contributed by atoms with Gasteiger partial charge in [0.1, 0.15) is 0 Å². The fraction of sp³-hybridized carbons (Fsp3) is 0.538. The Morgan fingerprint density at radius 2 is 2.18 bits per heavy atom. The molecule has 1 aromatic carbocycles. The standard InChI is InChI=1S/C13H20FNO2/c1-3-13(8-15,9-16)7-10-4-5-12(17-2)11(14)6-10/h4-6,16H,3,7-9,15H2,1-2H3. The van der Waals surface area contributed by atoms with Crippen LogP contribution in [0.15, 0.2) is 18.2 Å². The predicted molar refractivity (Wildman–Crippen MR) is 65.5 cm³/mol. The maximum Gasteiger partial charge on any atom is 0.165 e. The van der Waals surface area contributed by atoms with Gasteiger partial charge in [0.15, 0.2) is 11.6 Å². The molecule has 3 nitrogen and oxygen atoms in total. The van der Waals surface area contributed by atoms with Crippen molar-refractivity contribution in [3.05, 3.63) is 29.6 Å². The maximum absolute atomic E-state index is 13.5. The quantitative estimate of drug-likeness (QED) is 0.797. The van der Waals surface area contributed by atoms with Gasteiger partial charge in [-0.3, -0.25) is 0 Å². The molecule has 4 heteroatoms. The molecule has 3 N–H and O–H groups in total. The fourth-order valence-electron chi connectivity index (χ4n) is 1.83. The topological polar surface area (TPSA) is 55.5 Å². The number of nitrogens with two attached hydrogens (primary N) is 1. The van der Waals surface area contributed by atoms with Crippen LogP contribution in [0.1, 0.15) is 18.9 Å². The van der Waals surface area contributed by atoms with Gasteiger partial charge in [-0.1, -0.05) is 13.0 Å². The molecule has 0 saturated heterocycles. The Labute approximate surface area is 101 Å². The first-order valence-corrected chi connectivity index (χ1v) is 5.74. The van der Waals surface area contributed by atoms with Crippen molar-refractivity contribution in [3.63, 3.8) is 0 Å². The van der Waals surface area contributed by atoms with Crippen LogP contribution in [0.2, 0.25) is 0 Å². The van der Waals surface area contributed by atoms with E-state index in [0.717, 1.165) is 12.0 Å². The molecule has 0 heterocycles. The van der Waals surface area contributed by atoms with Gasteiger partial charge in [-0.25, -0.2) is 4.39 Å². The first kappa shape index (κ1) is 13.9. The highest BCUT2D eigenvalue weighted by molar-refractivity contribution is 5.30. The van der Waals surface area contributed by atoms with Gasteiger partial charge in [0.05, 0.1) is 13.7 Å². The van der Waals surface area contributed by atoms with Crippen molar-refractivity contribution in [1.29, 1.82) is 0 Å². The van der Waals surface area contributed by atoms with Crippen LogP contribution in [0, 0.1) is 11.2 Å². The van der Waals surface area contributed by atoms with Crippen LogP contribution in [0.25, 0.3) is 0 Å². The number of ether oxygens (including phenoxy) is 1. The number of aliphatic hydroxyl groups is 1. The molecule has 0 saturated carbocycles. The lowest BCUT2D eigenvalue weighted by atomic mass is 9.80. The molecule has 1 aromatic rings. The summed E-state index contributed by atoms with van der Waals surface area (Å²) in [5, 5.41) is 9.41. The highest BCUT2D eigenvalue weighted by Crippen LogP contribution is 2.27. The van der Waals surface area contributed by atoms with Gasteiger partial charge in [-0.05, 0) is 30.5 Å². The Morgan fingerprint density at radius 1 is 1.47 bits per heavy atom. The summed E-state index contributed by atoms with van der Waals surface area (Å²) in [7, 11) is 1.43. The molecule has 0 spiro atoms. The number of benzene rings is 1. The van der Waals surface area contributed by atoms with Crippen molar-refractivity contribution >= 4 is 0 Å². The first-order chi connectivity index (χ1) is 8.10. The third-order valence-corrected chi connectivity index (χ3v) is 3.31. The van der Waals surface area contributed by atoms with E-state index in [1.165, 1.54) is 13.2 Å². The minimum Gasteiger partial charge on any atom is -0.494 e. The van der Waals surface area contributed by atoms with Crippen LogP contribution in [0.4, 0.5) is 4.39 Å². The zero-order chi connectivity index (χ0) is 12.9. The SMILES string of the molecule is CCC(CN)(CO)Cc1ccc(OC)c(F)c1. The Kier molecular flexibility index (Phi) is 4.90. The second kappa shape index (κ2) is 5.98. The second-order valence-corrected chi connectivity index (χ2v) is 4.36. The minimum absolute atomic E-state index is 0.00759. The summed E-state index contributed by atoms with van der Waals surface area (Å²) >= 11 is 0. The van der Waals surface area contributed by atoms with Gasteiger partial charge in [-0.15, -0.1) is 0 Å². The Hall–Kier alpha value is -1.13. The van der Waals surface area contributed by atoms with Gasteiger partial charge in [0.25, 0.3) is 0 Å². The highest BCUT2D eigenvalue weighted by atomic mass is 19.1. The molecule has 0 bridgehead atoms. The molecule has 0 radical (unpaired) electrons. The molecule has 0 aromatic heterocycles. The zero-order valence-corrected chi connectivity index (χ0v) is 10.4. The number of methoxy groups -OCH3 is 1. The molecule has 0 aliphatic carbocycles. The lowest BCUT2D eigenvalue weighted by Gasteiger charge is -2.29. The molecule has 17 heavy (non-hydrogen) atoms. The van der Waals surface area contributed by atoms with Crippen LogP contribution in [0.3, 0.4) is 0 Å². The van der Waals surface area contributed by atoms with E-state index in [0.29, 0.717) is 13.0 Å². The Balaban J connectivity index is 2.90. The molecule has 96 valence electrons. The van der Waals surface area contributed by atoms with Gasteiger partial charge < -0.3 is 15.6 Å². The molecular weight excluding hydrogens is 221 g/mol. The van der Waals surface area contributed by atoms with Crippen LogP contribution < -0.4 is 10.5 Å². The summed E-state index contributed by atoms with van der Waals surface area (Å²) in [5.74, 6) is -0.155. The van der Waals surface area contributed by atoms with Crippen molar-refractivity contribution in [1.82, 2.24) is 0 Å². The van der Waals surface area contributed by atoms with Gasteiger partial charge in [0, 0.05) is 12.0 Å². The van der Waals surface area contributed by atoms with Crippen molar-refractivity contribution in [3.8, 4) is 5.75 Å². The first-order valence-electron chi connectivity index (χ1n) is 5.74. The van der Waals surface area contributed by atoms with Crippen LogP contribution in [0.5, 0.6) is 5.75 Å². The largest absolute Gasteiger partial charge is 0.494 e. The van der Waals surface area contributed by atoms with E-state index in [1.54, 1.807) is 12.1 Å². The molecule has 1 atom stereocenters. The molecule has 0 aliphatic heterocycles. The molecule has 0 fully saturated rings. The predicted octanol–water partition coefficient (Wildman–Crippen LogP) is 1.72. The third-order valence-electron chi connectivity index (χ3n) is 3.31. The molecule has 1 unspecified atom stereocenters. The van der Waals surface area contributed by atoms with Crippen molar-refractivity contribution in [2.45, 2.75) is 19.8 Å². The fourth-order valence-corrected chi connectivity index (χ4v) is 1.83. The van der Waals surface area contributed by atoms with E-state index in [-0.39, 0.29) is 23.6 Å². The number of hydrogen-bond acceptors (Lipinski definition) is 3. The smallest absolute Gasteiger partial charge is 0.165 e. The number of aliphatic hydroxyl groups excluding tert-OH is 1. The van der Waals surface area contributed by atoms with Crippen LogP contribution >= 0.6 is 0 Å².